The van der Waals surface area contributed by atoms with Gasteiger partial charge in [-0.15, -0.1) is 0 Å². The van der Waals surface area contributed by atoms with Crippen molar-refractivity contribution in [3.8, 4) is 0 Å². The molecule has 0 saturated carbocycles. The van der Waals surface area contributed by atoms with Crippen LogP contribution in [-0.4, -0.2) is 46.2 Å². The fourth-order valence-corrected chi connectivity index (χ4v) is 2.00. The topological polar surface area (TPSA) is 61.0 Å². The molecule has 2 N–H and O–H groups in total. The molecule has 16 heavy (non-hydrogen) atoms. The second-order valence-electron chi connectivity index (χ2n) is 4.97. The van der Waals surface area contributed by atoms with Gasteiger partial charge in [0.05, 0.1) is 0 Å². The fourth-order valence-electron chi connectivity index (χ4n) is 2.00. The van der Waals surface area contributed by atoms with Crippen molar-refractivity contribution in [3.63, 3.8) is 0 Å². The van der Waals surface area contributed by atoms with Crippen LogP contribution in [0.2, 0.25) is 0 Å². The van der Waals surface area contributed by atoms with Crippen LogP contribution in [0.25, 0.3) is 0 Å². The van der Waals surface area contributed by atoms with E-state index in [4.69, 9.17) is 0 Å². The largest absolute Gasteiger partial charge is 0.334 e. The number of hydrogen-bond acceptors (Lipinski definition) is 3. The third-order valence-corrected chi connectivity index (χ3v) is 2.78. The zero-order valence-corrected chi connectivity index (χ0v) is 10.0. The van der Waals surface area contributed by atoms with Gasteiger partial charge in [-0.25, -0.2) is 0 Å². The first kappa shape index (κ1) is 11.1. The first-order valence-electron chi connectivity index (χ1n) is 5.54. The second kappa shape index (κ2) is 3.90. The Balaban J connectivity index is 2.10. The highest BCUT2D eigenvalue weighted by Crippen LogP contribution is 2.13. The van der Waals surface area contributed by atoms with Crippen LogP contribution in [0.5, 0.6) is 0 Å². The molecule has 1 aliphatic rings. The van der Waals surface area contributed by atoms with Crippen molar-refractivity contribution in [2.24, 2.45) is 0 Å². The van der Waals surface area contributed by atoms with E-state index in [0.717, 1.165) is 25.3 Å². The van der Waals surface area contributed by atoms with Crippen molar-refractivity contribution in [1.29, 1.82) is 0 Å². The lowest BCUT2D eigenvalue weighted by Crippen LogP contribution is -2.58. The molecule has 1 saturated heterocycles. The van der Waals surface area contributed by atoms with Crippen LogP contribution in [0.3, 0.4) is 0 Å². The Labute approximate surface area is 95.2 Å². The van der Waals surface area contributed by atoms with E-state index in [-0.39, 0.29) is 11.4 Å². The number of rotatable bonds is 1. The molecule has 0 spiro atoms. The highest BCUT2D eigenvalue weighted by atomic mass is 16.2. The predicted octanol–water partition coefficient (Wildman–Crippen LogP) is 0.542. The molecular formula is C11H18N4O. The number of carbonyl (C=O) groups is 1. The van der Waals surface area contributed by atoms with Crippen molar-refractivity contribution in [3.05, 3.63) is 17.5 Å². The summed E-state index contributed by atoms with van der Waals surface area (Å²) >= 11 is 0. The lowest BCUT2D eigenvalue weighted by Gasteiger charge is -2.38. The van der Waals surface area contributed by atoms with Gasteiger partial charge < -0.3 is 10.2 Å². The summed E-state index contributed by atoms with van der Waals surface area (Å²) < 4.78 is 0. The smallest absolute Gasteiger partial charge is 0.274 e. The summed E-state index contributed by atoms with van der Waals surface area (Å²) in [6.45, 7) is 8.39. The zero-order chi connectivity index (χ0) is 11.8. The van der Waals surface area contributed by atoms with Crippen LogP contribution in [0.4, 0.5) is 0 Å². The van der Waals surface area contributed by atoms with Gasteiger partial charge in [0, 0.05) is 30.9 Å². The summed E-state index contributed by atoms with van der Waals surface area (Å²) in [4.78, 5) is 14.0. The minimum atomic E-state index is -0.0146. The number of carbonyl (C=O) groups excluding carboxylic acids is 1. The zero-order valence-electron chi connectivity index (χ0n) is 10.0. The Morgan fingerprint density at radius 2 is 2.31 bits per heavy atom. The Bertz CT molecular complexity index is 396. The van der Waals surface area contributed by atoms with Crippen molar-refractivity contribution >= 4 is 5.91 Å². The highest BCUT2D eigenvalue weighted by molar-refractivity contribution is 5.92. The molecule has 1 aromatic heterocycles. The monoisotopic (exact) mass is 222 g/mol. The van der Waals surface area contributed by atoms with Crippen LogP contribution in [-0.2, 0) is 0 Å². The Morgan fingerprint density at radius 1 is 1.56 bits per heavy atom. The minimum Gasteiger partial charge on any atom is -0.334 e. The van der Waals surface area contributed by atoms with Gasteiger partial charge in [0.25, 0.3) is 5.91 Å². The van der Waals surface area contributed by atoms with Gasteiger partial charge in [-0.3, -0.25) is 9.89 Å². The molecule has 0 aromatic carbocycles. The summed E-state index contributed by atoms with van der Waals surface area (Å²) in [6, 6.07) is 1.79. The van der Waals surface area contributed by atoms with Gasteiger partial charge in [0.2, 0.25) is 0 Å². The van der Waals surface area contributed by atoms with E-state index >= 15 is 0 Å². The average Bonchev–Trinajstić information content (AvgIpc) is 2.62. The normalized spacial score (nSPS) is 19.8. The molecule has 2 heterocycles. The molecule has 1 aromatic rings. The third kappa shape index (κ3) is 2.24. The van der Waals surface area contributed by atoms with Crippen LogP contribution < -0.4 is 5.32 Å². The third-order valence-electron chi connectivity index (χ3n) is 2.78. The second-order valence-corrected chi connectivity index (χ2v) is 4.97. The molecule has 1 fully saturated rings. The fraction of sp³-hybridized carbons (Fsp3) is 0.636. The summed E-state index contributed by atoms with van der Waals surface area (Å²) in [5, 5.41) is 10.2. The van der Waals surface area contributed by atoms with E-state index in [0.29, 0.717) is 5.69 Å². The maximum absolute atomic E-state index is 12.1. The van der Waals surface area contributed by atoms with Gasteiger partial charge in [0.1, 0.15) is 5.69 Å². The number of aromatic amines is 1. The summed E-state index contributed by atoms with van der Waals surface area (Å²) in [5.74, 6) is 0.0129. The van der Waals surface area contributed by atoms with Crippen molar-refractivity contribution in [2.45, 2.75) is 26.3 Å². The predicted molar refractivity (Wildman–Crippen MR) is 61.3 cm³/mol. The van der Waals surface area contributed by atoms with Crippen LogP contribution in [0, 0.1) is 6.92 Å². The van der Waals surface area contributed by atoms with Crippen molar-refractivity contribution in [1.82, 2.24) is 20.4 Å². The maximum Gasteiger partial charge on any atom is 0.274 e. The molecule has 1 amide bonds. The summed E-state index contributed by atoms with van der Waals surface area (Å²) in [7, 11) is 0. The quantitative estimate of drug-likeness (QED) is 0.729. The SMILES string of the molecule is Cc1cc(C(=O)N2CCNC(C)(C)C2)n[nH]1. The summed E-state index contributed by atoms with van der Waals surface area (Å²) in [6.07, 6.45) is 0. The van der Waals surface area contributed by atoms with Crippen LogP contribution >= 0.6 is 0 Å². The molecule has 0 aliphatic carbocycles. The summed E-state index contributed by atoms with van der Waals surface area (Å²) in [5.41, 5.74) is 1.41. The van der Waals surface area contributed by atoms with Gasteiger partial charge in [0.15, 0.2) is 0 Å². The molecule has 0 atom stereocenters. The van der Waals surface area contributed by atoms with E-state index in [9.17, 15) is 4.79 Å². The first-order chi connectivity index (χ1) is 7.48. The van der Waals surface area contributed by atoms with Gasteiger partial charge in [-0.05, 0) is 26.8 Å². The average molecular weight is 222 g/mol. The number of aryl methyl sites for hydroxylation is 1. The van der Waals surface area contributed by atoms with E-state index in [1.54, 1.807) is 6.07 Å². The molecule has 0 radical (unpaired) electrons. The molecular weight excluding hydrogens is 204 g/mol. The number of piperazine rings is 1. The number of H-pyrrole nitrogens is 1. The van der Waals surface area contributed by atoms with E-state index in [2.05, 4.69) is 29.4 Å². The lowest BCUT2D eigenvalue weighted by atomic mass is 10.0. The molecule has 0 unspecified atom stereocenters. The van der Waals surface area contributed by atoms with E-state index in [1.165, 1.54) is 0 Å². The van der Waals surface area contributed by atoms with Crippen molar-refractivity contribution < 1.29 is 4.79 Å². The van der Waals surface area contributed by atoms with Crippen LogP contribution in [0.15, 0.2) is 6.07 Å². The first-order valence-corrected chi connectivity index (χ1v) is 5.54. The van der Waals surface area contributed by atoms with E-state index < -0.39 is 0 Å². The van der Waals surface area contributed by atoms with Gasteiger partial charge in [-0.1, -0.05) is 0 Å². The number of amides is 1. The highest BCUT2D eigenvalue weighted by Gasteiger charge is 2.29. The van der Waals surface area contributed by atoms with E-state index in [1.807, 2.05) is 11.8 Å². The Morgan fingerprint density at radius 3 is 2.88 bits per heavy atom. The maximum atomic E-state index is 12.1. The molecule has 5 nitrogen and oxygen atoms in total. The van der Waals surface area contributed by atoms with Gasteiger partial charge in [-0.2, -0.15) is 5.10 Å². The number of aromatic nitrogens is 2. The number of nitrogens with zero attached hydrogens (tertiary/aromatic N) is 2. The number of hydrogen-bond donors (Lipinski definition) is 2. The van der Waals surface area contributed by atoms with Crippen LogP contribution in [0.1, 0.15) is 30.0 Å². The molecule has 2 rings (SSSR count). The lowest BCUT2D eigenvalue weighted by molar-refractivity contribution is 0.0646. The van der Waals surface area contributed by atoms with Gasteiger partial charge >= 0.3 is 0 Å². The molecule has 88 valence electrons. The molecule has 1 aliphatic heterocycles. The minimum absolute atomic E-state index is 0.0129. The Hall–Kier alpha value is -1.36. The Kier molecular flexibility index (Phi) is 2.71. The molecule has 5 heteroatoms. The number of nitrogens with one attached hydrogen (secondary N) is 2. The standard InChI is InChI=1S/C11H18N4O/c1-8-6-9(14-13-8)10(16)15-5-4-12-11(2,3)7-15/h6,12H,4-5,7H2,1-3H3,(H,13,14). The molecule has 0 bridgehead atoms. The van der Waals surface area contributed by atoms with Crippen molar-refractivity contribution in [2.75, 3.05) is 19.6 Å².